The number of rotatable bonds is 8. The summed E-state index contributed by atoms with van der Waals surface area (Å²) in [5.74, 6) is -0.893. The van der Waals surface area contributed by atoms with Crippen molar-refractivity contribution in [3.63, 3.8) is 0 Å². The van der Waals surface area contributed by atoms with Gasteiger partial charge in [0.1, 0.15) is 0 Å². The molecule has 0 bridgehead atoms. The lowest BCUT2D eigenvalue weighted by molar-refractivity contribution is -0.159. The summed E-state index contributed by atoms with van der Waals surface area (Å²) in [6.45, 7) is 5.44. The Morgan fingerprint density at radius 1 is 1.10 bits per heavy atom. The van der Waals surface area contributed by atoms with Gasteiger partial charge in [-0.3, -0.25) is 19.3 Å². The maximum atomic E-state index is 12.6. The lowest BCUT2D eigenvalue weighted by atomic mass is 10.2. The molecule has 0 aliphatic carbocycles. The standard InChI is InChI=1S/C22H27N3O4S/c1-17(29-20(26)7-9-23-21(27)19-8-14-30-16-19)22(28)25-12-10-24(11-13-25)15-18-5-3-2-4-6-18/h2-6,8,14,16-17H,7,9-13,15H2,1H3,(H,23,27). The van der Waals surface area contributed by atoms with Crippen molar-refractivity contribution in [2.45, 2.75) is 26.0 Å². The van der Waals surface area contributed by atoms with E-state index in [0.29, 0.717) is 18.7 Å². The Kier molecular flexibility index (Phi) is 7.98. The van der Waals surface area contributed by atoms with E-state index in [-0.39, 0.29) is 24.8 Å². The van der Waals surface area contributed by atoms with Crippen molar-refractivity contribution >= 4 is 29.1 Å². The highest BCUT2D eigenvalue weighted by Gasteiger charge is 2.27. The molecular formula is C22H27N3O4S. The quantitative estimate of drug-likeness (QED) is 0.651. The van der Waals surface area contributed by atoms with Gasteiger partial charge >= 0.3 is 5.97 Å². The zero-order valence-electron chi connectivity index (χ0n) is 17.1. The number of nitrogens with zero attached hydrogens (tertiary/aromatic N) is 2. The molecule has 1 unspecified atom stereocenters. The number of hydrogen-bond acceptors (Lipinski definition) is 6. The van der Waals surface area contributed by atoms with E-state index in [0.717, 1.165) is 19.6 Å². The van der Waals surface area contributed by atoms with E-state index in [2.05, 4.69) is 22.3 Å². The summed E-state index contributed by atoms with van der Waals surface area (Å²) in [4.78, 5) is 40.5. The molecule has 8 heteroatoms. The van der Waals surface area contributed by atoms with E-state index in [1.807, 2.05) is 23.6 Å². The predicted octanol–water partition coefficient (Wildman–Crippen LogP) is 2.14. The number of hydrogen-bond donors (Lipinski definition) is 1. The second kappa shape index (κ2) is 10.9. The molecule has 1 aliphatic rings. The molecule has 1 fully saturated rings. The second-order valence-corrected chi connectivity index (χ2v) is 8.02. The number of piperazine rings is 1. The lowest BCUT2D eigenvalue weighted by Crippen LogP contribution is -2.51. The van der Waals surface area contributed by atoms with Crippen LogP contribution in [0.2, 0.25) is 0 Å². The highest BCUT2D eigenvalue weighted by Crippen LogP contribution is 2.11. The van der Waals surface area contributed by atoms with E-state index in [1.54, 1.807) is 23.3 Å². The number of ether oxygens (including phenoxy) is 1. The van der Waals surface area contributed by atoms with Crippen LogP contribution in [0.25, 0.3) is 0 Å². The number of benzene rings is 1. The van der Waals surface area contributed by atoms with Gasteiger partial charge in [-0.05, 0) is 23.9 Å². The smallest absolute Gasteiger partial charge is 0.308 e. The van der Waals surface area contributed by atoms with Gasteiger partial charge in [0.15, 0.2) is 6.10 Å². The zero-order valence-corrected chi connectivity index (χ0v) is 17.9. The topological polar surface area (TPSA) is 78.9 Å². The minimum Gasteiger partial charge on any atom is -0.452 e. The molecule has 1 N–H and O–H groups in total. The average molecular weight is 430 g/mol. The normalized spacial score (nSPS) is 15.4. The first-order valence-electron chi connectivity index (χ1n) is 10.1. The Bertz CT molecular complexity index is 833. The molecule has 0 radical (unpaired) electrons. The summed E-state index contributed by atoms with van der Waals surface area (Å²) in [5, 5.41) is 6.23. The number of esters is 1. The Morgan fingerprint density at radius 2 is 1.83 bits per heavy atom. The minimum absolute atomic E-state index is 0.0261. The molecule has 1 atom stereocenters. The number of amides is 2. The maximum Gasteiger partial charge on any atom is 0.308 e. The molecule has 7 nitrogen and oxygen atoms in total. The fourth-order valence-electron chi connectivity index (χ4n) is 3.31. The third kappa shape index (κ3) is 6.40. The van der Waals surface area contributed by atoms with Crippen molar-refractivity contribution in [1.29, 1.82) is 0 Å². The van der Waals surface area contributed by atoms with Crippen LogP contribution < -0.4 is 5.32 Å². The Hall–Kier alpha value is -2.71. The molecule has 1 aromatic carbocycles. The third-order valence-electron chi connectivity index (χ3n) is 4.99. The van der Waals surface area contributed by atoms with Gasteiger partial charge in [-0.15, -0.1) is 0 Å². The molecule has 160 valence electrons. The van der Waals surface area contributed by atoms with Crippen LogP contribution in [0.5, 0.6) is 0 Å². The summed E-state index contributed by atoms with van der Waals surface area (Å²) in [6.07, 6.45) is -0.802. The van der Waals surface area contributed by atoms with Crippen molar-refractivity contribution in [3.8, 4) is 0 Å². The van der Waals surface area contributed by atoms with E-state index in [1.165, 1.54) is 16.9 Å². The van der Waals surface area contributed by atoms with Gasteiger partial charge in [0.25, 0.3) is 11.8 Å². The van der Waals surface area contributed by atoms with E-state index in [9.17, 15) is 14.4 Å². The highest BCUT2D eigenvalue weighted by atomic mass is 32.1. The van der Waals surface area contributed by atoms with Crippen molar-refractivity contribution in [2.75, 3.05) is 32.7 Å². The molecular weight excluding hydrogens is 402 g/mol. The molecule has 2 amide bonds. The largest absolute Gasteiger partial charge is 0.452 e. The van der Waals surface area contributed by atoms with E-state index >= 15 is 0 Å². The number of carbonyl (C=O) groups is 3. The molecule has 1 saturated heterocycles. The Balaban J connectivity index is 1.35. The molecule has 30 heavy (non-hydrogen) atoms. The third-order valence-corrected chi connectivity index (χ3v) is 5.67. The lowest BCUT2D eigenvalue weighted by Gasteiger charge is -2.35. The van der Waals surface area contributed by atoms with Crippen LogP contribution in [0.4, 0.5) is 0 Å². The van der Waals surface area contributed by atoms with Crippen molar-refractivity contribution in [3.05, 3.63) is 58.3 Å². The monoisotopic (exact) mass is 429 g/mol. The maximum absolute atomic E-state index is 12.6. The number of thiophene rings is 1. The van der Waals surface area contributed by atoms with Crippen molar-refractivity contribution < 1.29 is 19.1 Å². The zero-order chi connectivity index (χ0) is 21.3. The van der Waals surface area contributed by atoms with Gasteiger partial charge in [-0.2, -0.15) is 11.3 Å². The van der Waals surface area contributed by atoms with Crippen LogP contribution in [0.15, 0.2) is 47.2 Å². The molecule has 2 heterocycles. The molecule has 0 saturated carbocycles. The summed E-state index contributed by atoms with van der Waals surface area (Å²) >= 11 is 1.44. The first-order chi connectivity index (χ1) is 14.5. The fraction of sp³-hybridized carbons (Fsp3) is 0.409. The number of nitrogens with one attached hydrogen (secondary N) is 1. The SMILES string of the molecule is CC(OC(=O)CCNC(=O)c1ccsc1)C(=O)N1CCN(Cc2ccccc2)CC1. The van der Waals surface area contributed by atoms with Gasteiger partial charge in [-0.25, -0.2) is 0 Å². The van der Waals surface area contributed by atoms with Gasteiger partial charge < -0.3 is 15.0 Å². The second-order valence-electron chi connectivity index (χ2n) is 7.24. The summed E-state index contributed by atoms with van der Waals surface area (Å²) < 4.78 is 5.27. The van der Waals surface area contributed by atoms with E-state index in [4.69, 9.17) is 4.74 Å². The first-order valence-corrected chi connectivity index (χ1v) is 11.0. The summed E-state index contributed by atoms with van der Waals surface area (Å²) in [7, 11) is 0. The van der Waals surface area contributed by atoms with Gasteiger partial charge in [0, 0.05) is 50.2 Å². The van der Waals surface area contributed by atoms with Crippen LogP contribution in [0.3, 0.4) is 0 Å². The molecule has 2 aromatic rings. The molecule has 0 spiro atoms. The summed E-state index contributed by atoms with van der Waals surface area (Å²) in [5.41, 5.74) is 1.83. The minimum atomic E-state index is -0.828. The first kappa shape index (κ1) is 22.0. The number of carbonyl (C=O) groups excluding carboxylic acids is 3. The van der Waals surface area contributed by atoms with Crippen molar-refractivity contribution in [1.82, 2.24) is 15.1 Å². The fourth-order valence-corrected chi connectivity index (χ4v) is 3.94. The van der Waals surface area contributed by atoms with Crippen LogP contribution in [-0.4, -0.2) is 66.4 Å². The molecule has 1 aromatic heterocycles. The molecule has 3 rings (SSSR count). The van der Waals surface area contributed by atoms with Gasteiger partial charge in [0.05, 0.1) is 6.42 Å². The van der Waals surface area contributed by atoms with Crippen LogP contribution in [0.1, 0.15) is 29.3 Å². The van der Waals surface area contributed by atoms with Crippen LogP contribution in [0, 0.1) is 0 Å². The Labute approximate surface area is 180 Å². The highest BCUT2D eigenvalue weighted by molar-refractivity contribution is 7.08. The molecule has 1 aliphatic heterocycles. The van der Waals surface area contributed by atoms with Crippen molar-refractivity contribution in [2.24, 2.45) is 0 Å². The Morgan fingerprint density at radius 3 is 2.50 bits per heavy atom. The predicted molar refractivity (Wildman–Crippen MR) is 115 cm³/mol. The van der Waals surface area contributed by atoms with Gasteiger partial charge in [-0.1, -0.05) is 30.3 Å². The summed E-state index contributed by atoms with van der Waals surface area (Å²) in [6, 6.07) is 12.0. The average Bonchev–Trinajstić information content (AvgIpc) is 3.29. The van der Waals surface area contributed by atoms with E-state index < -0.39 is 12.1 Å². The van der Waals surface area contributed by atoms with Crippen LogP contribution >= 0.6 is 11.3 Å². The van der Waals surface area contributed by atoms with Crippen LogP contribution in [-0.2, 0) is 20.9 Å². The van der Waals surface area contributed by atoms with Gasteiger partial charge in [0.2, 0.25) is 0 Å².